The molecule has 1 aromatic rings. The average molecular weight is 265 g/mol. The van der Waals surface area contributed by atoms with Gasteiger partial charge < -0.3 is 5.32 Å². The van der Waals surface area contributed by atoms with Crippen LogP contribution >= 0.6 is 11.3 Å². The lowest BCUT2D eigenvalue weighted by molar-refractivity contribution is 0.194. The highest BCUT2D eigenvalue weighted by atomic mass is 32.1. The number of nitrogens with one attached hydrogen (secondary N) is 1. The molecule has 4 heteroatoms. The predicted octanol–water partition coefficient (Wildman–Crippen LogP) is 2.28. The first-order valence-electron chi connectivity index (χ1n) is 7.16. The third-order valence-electron chi connectivity index (χ3n) is 4.46. The summed E-state index contributed by atoms with van der Waals surface area (Å²) in [6, 6.07) is 0. The fraction of sp³-hybridized carbons (Fsp3) is 0.786. The van der Waals surface area contributed by atoms with E-state index < -0.39 is 0 Å². The Morgan fingerprint density at radius 1 is 1.39 bits per heavy atom. The van der Waals surface area contributed by atoms with Crippen LogP contribution in [0.4, 0.5) is 0 Å². The van der Waals surface area contributed by atoms with Gasteiger partial charge in [-0.05, 0) is 50.7 Å². The second kappa shape index (κ2) is 5.27. The number of hydrogen-bond donors (Lipinski definition) is 1. The van der Waals surface area contributed by atoms with Gasteiger partial charge in [0.15, 0.2) is 0 Å². The zero-order chi connectivity index (χ0) is 12.4. The number of likely N-dealkylation sites (tertiary alicyclic amines) is 1. The number of rotatable bonds is 3. The number of aromatic nitrogens is 1. The molecule has 0 saturated carbocycles. The first-order chi connectivity index (χ1) is 8.80. The fourth-order valence-electron chi connectivity index (χ4n) is 3.33. The normalized spacial score (nSPS) is 23.8. The molecule has 0 atom stereocenters. The molecule has 2 fully saturated rings. The van der Waals surface area contributed by atoms with E-state index >= 15 is 0 Å². The van der Waals surface area contributed by atoms with Gasteiger partial charge in [-0.3, -0.25) is 4.90 Å². The molecular formula is C14H23N3S. The minimum Gasteiger partial charge on any atom is -0.317 e. The zero-order valence-corrected chi connectivity index (χ0v) is 12.1. The summed E-state index contributed by atoms with van der Waals surface area (Å²) in [5, 5.41) is 4.76. The highest BCUT2D eigenvalue weighted by Crippen LogP contribution is 2.39. The summed E-state index contributed by atoms with van der Waals surface area (Å²) < 4.78 is 0. The van der Waals surface area contributed by atoms with E-state index in [0.29, 0.717) is 5.41 Å². The first-order valence-corrected chi connectivity index (χ1v) is 7.98. The van der Waals surface area contributed by atoms with Gasteiger partial charge in [-0.25, -0.2) is 4.98 Å². The van der Waals surface area contributed by atoms with Gasteiger partial charge in [0, 0.05) is 24.2 Å². The van der Waals surface area contributed by atoms with Gasteiger partial charge in [0.1, 0.15) is 0 Å². The van der Waals surface area contributed by atoms with Crippen molar-refractivity contribution in [2.75, 3.05) is 26.2 Å². The minimum absolute atomic E-state index is 0.628. The van der Waals surface area contributed by atoms with Crippen molar-refractivity contribution in [2.24, 2.45) is 5.41 Å². The monoisotopic (exact) mass is 265 g/mol. The molecule has 1 N–H and O–H groups in total. The maximum absolute atomic E-state index is 4.46. The SMILES string of the molecule is CCc1ncc(CN2CCC3(CCNCC3)C2)s1. The topological polar surface area (TPSA) is 28.2 Å². The molecule has 0 unspecified atom stereocenters. The quantitative estimate of drug-likeness (QED) is 0.909. The summed E-state index contributed by atoms with van der Waals surface area (Å²) in [7, 11) is 0. The van der Waals surface area contributed by atoms with Crippen molar-refractivity contribution in [1.29, 1.82) is 0 Å². The zero-order valence-electron chi connectivity index (χ0n) is 11.2. The van der Waals surface area contributed by atoms with Gasteiger partial charge >= 0.3 is 0 Å². The Hall–Kier alpha value is -0.450. The summed E-state index contributed by atoms with van der Waals surface area (Å²) in [5.74, 6) is 0. The highest BCUT2D eigenvalue weighted by molar-refractivity contribution is 7.11. The van der Waals surface area contributed by atoms with Crippen LogP contribution in [0, 0.1) is 5.41 Å². The minimum atomic E-state index is 0.628. The molecule has 3 nitrogen and oxygen atoms in total. The third kappa shape index (κ3) is 2.60. The lowest BCUT2D eigenvalue weighted by atomic mass is 9.78. The fourth-order valence-corrected chi connectivity index (χ4v) is 4.24. The molecule has 0 aromatic carbocycles. The Bertz CT molecular complexity index is 395. The van der Waals surface area contributed by atoms with Gasteiger partial charge in [0.2, 0.25) is 0 Å². The third-order valence-corrected chi connectivity index (χ3v) is 5.59. The van der Waals surface area contributed by atoms with E-state index in [4.69, 9.17) is 0 Å². The summed E-state index contributed by atoms with van der Waals surface area (Å²) in [4.78, 5) is 8.54. The van der Waals surface area contributed by atoms with Gasteiger partial charge in [-0.15, -0.1) is 11.3 Å². The van der Waals surface area contributed by atoms with Crippen LogP contribution in [0.2, 0.25) is 0 Å². The number of hydrogen-bond acceptors (Lipinski definition) is 4. The molecule has 0 bridgehead atoms. The van der Waals surface area contributed by atoms with Gasteiger partial charge in [0.25, 0.3) is 0 Å². The maximum atomic E-state index is 4.46. The van der Waals surface area contributed by atoms with Crippen LogP contribution in [-0.4, -0.2) is 36.1 Å². The molecule has 2 aliphatic heterocycles. The number of piperidine rings is 1. The van der Waals surface area contributed by atoms with Gasteiger partial charge in [-0.2, -0.15) is 0 Å². The smallest absolute Gasteiger partial charge is 0.0925 e. The second-order valence-corrected chi connectivity index (χ2v) is 6.98. The number of aryl methyl sites for hydroxylation is 1. The molecule has 100 valence electrons. The molecule has 2 aliphatic rings. The molecule has 0 aliphatic carbocycles. The Morgan fingerprint density at radius 2 is 2.22 bits per heavy atom. The molecule has 18 heavy (non-hydrogen) atoms. The predicted molar refractivity (Wildman–Crippen MR) is 75.9 cm³/mol. The summed E-state index contributed by atoms with van der Waals surface area (Å²) in [6.45, 7) is 8.31. The standard InChI is InChI=1S/C14H23N3S/c1-2-13-16-9-12(18-13)10-17-8-5-14(11-17)3-6-15-7-4-14/h9,15H,2-8,10-11H2,1H3. The van der Waals surface area contributed by atoms with E-state index in [1.807, 2.05) is 11.3 Å². The molecule has 3 rings (SSSR count). The van der Waals surface area contributed by atoms with E-state index in [2.05, 4.69) is 28.3 Å². The van der Waals surface area contributed by atoms with Crippen molar-refractivity contribution in [1.82, 2.24) is 15.2 Å². The Labute approximate surface area is 114 Å². The van der Waals surface area contributed by atoms with Crippen LogP contribution in [0.5, 0.6) is 0 Å². The van der Waals surface area contributed by atoms with E-state index in [1.165, 1.54) is 55.3 Å². The summed E-state index contributed by atoms with van der Waals surface area (Å²) >= 11 is 1.89. The Morgan fingerprint density at radius 3 is 2.94 bits per heavy atom. The molecular weight excluding hydrogens is 242 g/mol. The summed E-state index contributed by atoms with van der Waals surface area (Å²) in [5.41, 5.74) is 0.628. The number of nitrogens with zero attached hydrogens (tertiary/aromatic N) is 2. The van der Waals surface area contributed by atoms with Crippen molar-refractivity contribution in [3.63, 3.8) is 0 Å². The van der Waals surface area contributed by atoms with E-state index in [0.717, 1.165) is 13.0 Å². The lowest BCUT2D eigenvalue weighted by Crippen LogP contribution is -2.38. The van der Waals surface area contributed by atoms with Crippen LogP contribution in [0.25, 0.3) is 0 Å². The van der Waals surface area contributed by atoms with Gasteiger partial charge in [0.05, 0.1) is 5.01 Å². The lowest BCUT2D eigenvalue weighted by Gasteiger charge is -2.33. The van der Waals surface area contributed by atoms with Crippen molar-refractivity contribution in [3.05, 3.63) is 16.1 Å². The first kappa shape index (κ1) is 12.6. The van der Waals surface area contributed by atoms with E-state index in [9.17, 15) is 0 Å². The van der Waals surface area contributed by atoms with Crippen molar-refractivity contribution in [2.45, 2.75) is 39.2 Å². The molecule has 1 aromatic heterocycles. The van der Waals surface area contributed by atoms with Crippen molar-refractivity contribution < 1.29 is 0 Å². The van der Waals surface area contributed by atoms with Crippen LogP contribution in [-0.2, 0) is 13.0 Å². The molecule has 0 amide bonds. The van der Waals surface area contributed by atoms with Crippen LogP contribution in [0.3, 0.4) is 0 Å². The van der Waals surface area contributed by atoms with Crippen LogP contribution in [0.15, 0.2) is 6.20 Å². The Kier molecular flexibility index (Phi) is 3.68. The number of thiazole rings is 1. The largest absolute Gasteiger partial charge is 0.317 e. The molecule has 3 heterocycles. The molecule has 2 saturated heterocycles. The Balaban J connectivity index is 1.58. The molecule has 1 spiro atoms. The molecule has 0 radical (unpaired) electrons. The van der Waals surface area contributed by atoms with Crippen LogP contribution in [0.1, 0.15) is 36.1 Å². The van der Waals surface area contributed by atoms with Crippen molar-refractivity contribution in [3.8, 4) is 0 Å². The van der Waals surface area contributed by atoms with Gasteiger partial charge in [-0.1, -0.05) is 6.92 Å². The van der Waals surface area contributed by atoms with E-state index in [1.54, 1.807) is 0 Å². The van der Waals surface area contributed by atoms with E-state index in [-0.39, 0.29) is 0 Å². The average Bonchev–Trinajstić information content (AvgIpc) is 2.99. The summed E-state index contributed by atoms with van der Waals surface area (Å²) in [6.07, 6.45) is 7.28. The highest BCUT2D eigenvalue weighted by Gasteiger charge is 2.38. The maximum Gasteiger partial charge on any atom is 0.0925 e. The van der Waals surface area contributed by atoms with Crippen LogP contribution < -0.4 is 5.32 Å². The van der Waals surface area contributed by atoms with Crippen molar-refractivity contribution >= 4 is 11.3 Å². The second-order valence-electron chi connectivity index (χ2n) is 5.78.